The number of piperidine rings is 1. The molecule has 0 aliphatic carbocycles. The van der Waals surface area contributed by atoms with Crippen LogP contribution in [0.25, 0.3) is 0 Å². The van der Waals surface area contributed by atoms with Crippen molar-refractivity contribution >= 4 is 11.6 Å². The number of rotatable bonds is 5. The average Bonchev–Trinajstić information content (AvgIpc) is 2.59. The molecule has 23 heavy (non-hydrogen) atoms. The Morgan fingerprint density at radius 1 is 1.26 bits per heavy atom. The zero-order chi connectivity index (χ0) is 16.1. The summed E-state index contributed by atoms with van der Waals surface area (Å²) < 4.78 is 11.3. The minimum atomic E-state index is 0.208. The van der Waals surface area contributed by atoms with Crippen LogP contribution in [0.2, 0.25) is 5.02 Å². The van der Waals surface area contributed by atoms with Crippen LogP contribution >= 0.6 is 11.6 Å². The predicted molar refractivity (Wildman–Crippen MR) is 89.0 cm³/mol. The standard InChI is InChI=1S/C17H20ClN3O2/c1-22-17-13(10-19-12-20-17)11-21-8-6-14(7-9-21)23-16-5-3-2-4-15(16)18/h2-5,10,12,14H,6-9,11H2,1H3. The van der Waals surface area contributed by atoms with E-state index in [0.29, 0.717) is 10.9 Å². The third-order valence-electron chi connectivity index (χ3n) is 4.00. The van der Waals surface area contributed by atoms with E-state index in [4.69, 9.17) is 21.1 Å². The lowest BCUT2D eigenvalue weighted by Crippen LogP contribution is -2.37. The fraction of sp³-hybridized carbons (Fsp3) is 0.412. The van der Waals surface area contributed by atoms with Gasteiger partial charge in [0, 0.05) is 31.4 Å². The third kappa shape index (κ3) is 4.12. The number of nitrogens with zero attached hydrogens (tertiary/aromatic N) is 3. The largest absolute Gasteiger partial charge is 0.489 e. The molecule has 0 spiro atoms. The van der Waals surface area contributed by atoms with Crippen molar-refractivity contribution in [2.24, 2.45) is 0 Å². The van der Waals surface area contributed by atoms with Crippen LogP contribution in [0.3, 0.4) is 0 Å². The molecule has 0 bridgehead atoms. The van der Waals surface area contributed by atoms with E-state index in [9.17, 15) is 0 Å². The van der Waals surface area contributed by atoms with Gasteiger partial charge in [0.1, 0.15) is 18.2 Å². The molecule has 122 valence electrons. The summed E-state index contributed by atoms with van der Waals surface area (Å²) >= 11 is 6.15. The first-order chi connectivity index (χ1) is 11.3. The van der Waals surface area contributed by atoms with Gasteiger partial charge in [0.2, 0.25) is 5.88 Å². The summed E-state index contributed by atoms with van der Waals surface area (Å²) in [4.78, 5) is 10.6. The van der Waals surface area contributed by atoms with E-state index < -0.39 is 0 Å². The molecule has 6 heteroatoms. The van der Waals surface area contributed by atoms with Gasteiger partial charge in [-0.25, -0.2) is 9.97 Å². The zero-order valence-electron chi connectivity index (χ0n) is 13.1. The molecule has 0 radical (unpaired) electrons. The quantitative estimate of drug-likeness (QED) is 0.841. The predicted octanol–water partition coefficient (Wildman–Crippen LogP) is 3.18. The maximum atomic E-state index is 6.15. The highest BCUT2D eigenvalue weighted by Gasteiger charge is 2.22. The Morgan fingerprint density at radius 3 is 2.78 bits per heavy atom. The second kappa shape index (κ2) is 7.62. The molecule has 5 nitrogen and oxygen atoms in total. The van der Waals surface area contributed by atoms with Crippen LogP contribution in [0.4, 0.5) is 0 Å². The Morgan fingerprint density at radius 2 is 2.04 bits per heavy atom. The fourth-order valence-corrected chi connectivity index (χ4v) is 2.97. The van der Waals surface area contributed by atoms with Crippen LogP contribution in [-0.2, 0) is 6.54 Å². The van der Waals surface area contributed by atoms with E-state index in [1.807, 2.05) is 30.5 Å². The van der Waals surface area contributed by atoms with E-state index in [1.54, 1.807) is 7.11 Å². The summed E-state index contributed by atoms with van der Waals surface area (Å²) in [5, 5.41) is 0.668. The molecule has 1 aromatic heterocycles. The number of hydrogen-bond donors (Lipinski definition) is 0. The van der Waals surface area contributed by atoms with Crippen molar-refractivity contribution in [2.45, 2.75) is 25.5 Å². The minimum Gasteiger partial charge on any atom is -0.489 e. The molecule has 2 heterocycles. The van der Waals surface area contributed by atoms with Crippen LogP contribution in [0.5, 0.6) is 11.6 Å². The molecule has 0 N–H and O–H groups in total. The Bertz CT molecular complexity index is 645. The molecule has 0 amide bonds. The minimum absolute atomic E-state index is 0.208. The van der Waals surface area contributed by atoms with Gasteiger partial charge in [0.15, 0.2) is 0 Å². The van der Waals surface area contributed by atoms with Gasteiger partial charge in [-0.1, -0.05) is 23.7 Å². The van der Waals surface area contributed by atoms with Gasteiger partial charge in [-0.15, -0.1) is 0 Å². The monoisotopic (exact) mass is 333 g/mol. The van der Waals surface area contributed by atoms with Crippen molar-refractivity contribution in [3.63, 3.8) is 0 Å². The normalized spacial score (nSPS) is 16.3. The topological polar surface area (TPSA) is 47.5 Å². The molecule has 0 atom stereocenters. The number of halogens is 1. The Hall–Kier alpha value is -1.85. The number of methoxy groups -OCH3 is 1. The highest BCUT2D eigenvalue weighted by molar-refractivity contribution is 6.32. The van der Waals surface area contributed by atoms with Crippen LogP contribution in [0.15, 0.2) is 36.8 Å². The summed E-state index contributed by atoms with van der Waals surface area (Å²) in [6, 6.07) is 7.62. The smallest absolute Gasteiger partial charge is 0.220 e. The van der Waals surface area contributed by atoms with Gasteiger partial charge in [0.25, 0.3) is 0 Å². The number of para-hydroxylation sites is 1. The summed E-state index contributed by atoms with van der Waals surface area (Å²) in [6.45, 7) is 2.73. The van der Waals surface area contributed by atoms with Gasteiger partial charge in [-0.3, -0.25) is 4.90 Å². The molecule has 0 unspecified atom stereocenters. The SMILES string of the molecule is COc1ncncc1CN1CCC(Oc2ccccc2Cl)CC1. The first-order valence-electron chi connectivity index (χ1n) is 7.72. The van der Waals surface area contributed by atoms with Crippen LogP contribution in [0.1, 0.15) is 18.4 Å². The van der Waals surface area contributed by atoms with Crippen molar-refractivity contribution in [3.05, 3.63) is 47.4 Å². The molecule has 0 saturated carbocycles. The summed E-state index contributed by atoms with van der Waals surface area (Å²) in [7, 11) is 1.63. The van der Waals surface area contributed by atoms with E-state index in [-0.39, 0.29) is 6.10 Å². The van der Waals surface area contributed by atoms with Crippen LogP contribution in [-0.4, -0.2) is 41.2 Å². The second-order valence-electron chi connectivity index (χ2n) is 5.58. The van der Waals surface area contributed by atoms with Crippen molar-refractivity contribution in [1.29, 1.82) is 0 Å². The van der Waals surface area contributed by atoms with Crippen molar-refractivity contribution < 1.29 is 9.47 Å². The molecule has 2 aromatic rings. The molecule has 1 aliphatic heterocycles. The maximum absolute atomic E-state index is 6.15. The van der Waals surface area contributed by atoms with Crippen LogP contribution < -0.4 is 9.47 Å². The van der Waals surface area contributed by atoms with Gasteiger partial charge in [-0.2, -0.15) is 0 Å². The number of likely N-dealkylation sites (tertiary alicyclic amines) is 1. The molecule has 3 rings (SSSR count). The number of aromatic nitrogens is 2. The summed E-state index contributed by atoms with van der Waals surface area (Å²) in [6.07, 6.45) is 5.48. The van der Waals surface area contributed by atoms with Crippen molar-refractivity contribution in [3.8, 4) is 11.6 Å². The van der Waals surface area contributed by atoms with E-state index in [2.05, 4.69) is 14.9 Å². The maximum Gasteiger partial charge on any atom is 0.220 e. The first kappa shape index (κ1) is 16.0. The number of ether oxygens (including phenoxy) is 2. The first-order valence-corrected chi connectivity index (χ1v) is 8.10. The van der Waals surface area contributed by atoms with Gasteiger partial charge in [-0.05, 0) is 25.0 Å². The third-order valence-corrected chi connectivity index (χ3v) is 4.31. The summed E-state index contributed by atoms with van der Waals surface area (Å²) in [5.41, 5.74) is 1.01. The average molecular weight is 334 g/mol. The number of benzene rings is 1. The van der Waals surface area contributed by atoms with Gasteiger partial charge >= 0.3 is 0 Å². The second-order valence-corrected chi connectivity index (χ2v) is 5.99. The molecule has 1 saturated heterocycles. The Balaban J connectivity index is 1.53. The zero-order valence-corrected chi connectivity index (χ0v) is 13.9. The Labute approximate surface area is 141 Å². The highest BCUT2D eigenvalue weighted by Crippen LogP contribution is 2.27. The fourth-order valence-electron chi connectivity index (χ4n) is 2.79. The molecular formula is C17H20ClN3O2. The number of hydrogen-bond acceptors (Lipinski definition) is 5. The van der Waals surface area contributed by atoms with Gasteiger partial charge < -0.3 is 9.47 Å². The van der Waals surface area contributed by atoms with E-state index in [1.165, 1.54) is 6.33 Å². The molecule has 1 aromatic carbocycles. The lowest BCUT2D eigenvalue weighted by molar-refractivity contribution is 0.0962. The van der Waals surface area contributed by atoms with Crippen LogP contribution in [0, 0.1) is 0 Å². The van der Waals surface area contributed by atoms with E-state index in [0.717, 1.165) is 43.8 Å². The molecular weight excluding hydrogens is 314 g/mol. The molecule has 1 fully saturated rings. The Kier molecular flexibility index (Phi) is 5.31. The van der Waals surface area contributed by atoms with E-state index >= 15 is 0 Å². The highest BCUT2D eigenvalue weighted by atomic mass is 35.5. The van der Waals surface area contributed by atoms with Crippen molar-refractivity contribution in [2.75, 3.05) is 20.2 Å². The van der Waals surface area contributed by atoms with Gasteiger partial charge in [0.05, 0.1) is 12.1 Å². The molecule has 1 aliphatic rings. The lowest BCUT2D eigenvalue weighted by atomic mass is 10.1. The summed E-state index contributed by atoms with van der Waals surface area (Å²) in [5.74, 6) is 1.42. The lowest BCUT2D eigenvalue weighted by Gasteiger charge is -2.32. The van der Waals surface area contributed by atoms with Crippen molar-refractivity contribution in [1.82, 2.24) is 14.9 Å².